The lowest BCUT2D eigenvalue weighted by Gasteiger charge is -2.32. The van der Waals surface area contributed by atoms with Gasteiger partial charge < -0.3 is 21.8 Å². The fraction of sp³-hybridized carbons (Fsp3) is 0.435. The van der Waals surface area contributed by atoms with Crippen molar-refractivity contribution >= 4 is 39.8 Å². The van der Waals surface area contributed by atoms with Crippen LogP contribution in [-0.2, 0) is 12.8 Å². The van der Waals surface area contributed by atoms with Gasteiger partial charge in [0.1, 0.15) is 5.71 Å². The SMILES string of the molecule is N=Cc1c(N)cc(N2CCCCC2)c2nc(/C(=C/N)C(=N)C(F)(F)F)c3c(c12)CCCC3. The van der Waals surface area contributed by atoms with Crippen LogP contribution in [0.4, 0.5) is 24.5 Å². The van der Waals surface area contributed by atoms with Crippen LogP contribution in [-0.4, -0.2) is 36.2 Å². The van der Waals surface area contributed by atoms with E-state index in [1.165, 1.54) is 6.21 Å². The van der Waals surface area contributed by atoms with Crippen LogP contribution in [0.15, 0.2) is 12.3 Å². The number of fused-ring (bicyclic) bond motifs is 3. The molecule has 0 atom stereocenters. The topological polar surface area (TPSA) is 116 Å². The molecule has 4 rings (SSSR count). The molecule has 1 fully saturated rings. The molecule has 6 nitrogen and oxygen atoms in total. The van der Waals surface area contributed by atoms with Gasteiger partial charge in [-0.1, -0.05) is 0 Å². The Morgan fingerprint density at radius 3 is 2.31 bits per heavy atom. The van der Waals surface area contributed by atoms with Crippen molar-refractivity contribution in [1.29, 1.82) is 10.8 Å². The summed E-state index contributed by atoms with van der Waals surface area (Å²) in [5.41, 5.74) is 14.1. The van der Waals surface area contributed by atoms with Gasteiger partial charge in [0, 0.05) is 47.7 Å². The molecule has 1 aliphatic heterocycles. The standard InChI is InChI=1S/C23H27F3N6/c24-23(25,26)22(30)16(12-28)20-14-7-3-2-6-13(14)19-15(11-27)17(29)10-18(21(19)31-20)32-8-4-1-5-9-32/h10-12,27,30H,1-9,28-29H2/b16-12-,27-11?,30-22?. The second-order valence-corrected chi connectivity index (χ2v) is 8.39. The lowest BCUT2D eigenvalue weighted by molar-refractivity contribution is -0.0578. The normalized spacial score (nSPS) is 17.3. The molecule has 0 spiro atoms. The summed E-state index contributed by atoms with van der Waals surface area (Å²) < 4.78 is 40.4. The van der Waals surface area contributed by atoms with Gasteiger partial charge in [0.25, 0.3) is 0 Å². The van der Waals surface area contributed by atoms with Crippen molar-refractivity contribution in [3.8, 4) is 0 Å². The molecule has 0 bridgehead atoms. The van der Waals surface area contributed by atoms with Gasteiger partial charge in [0.2, 0.25) is 0 Å². The van der Waals surface area contributed by atoms with E-state index in [-0.39, 0.29) is 5.69 Å². The van der Waals surface area contributed by atoms with Gasteiger partial charge in [-0.25, -0.2) is 4.98 Å². The summed E-state index contributed by atoms with van der Waals surface area (Å²) in [5, 5.41) is 16.4. The van der Waals surface area contributed by atoms with E-state index in [9.17, 15) is 13.2 Å². The second-order valence-electron chi connectivity index (χ2n) is 8.39. The number of nitrogens with zero attached hydrogens (tertiary/aromatic N) is 2. The van der Waals surface area contributed by atoms with E-state index >= 15 is 0 Å². The Balaban J connectivity index is 2.07. The Hall–Kier alpha value is -3.10. The van der Waals surface area contributed by atoms with Crippen molar-refractivity contribution in [2.75, 3.05) is 23.7 Å². The highest BCUT2D eigenvalue weighted by atomic mass is 19.4. The average Bonchev–Trinajstić information content (AvgIpc) is 2.79. The molecule has 32 heavy (non-hydrogen) atoms. The first-order valence-corrected chi connectivity index (χ1v) is 10.9. The van der Waals surface area contributed by atoms with Crippen LogP contribution in [0.2, 0.25) is 0 Å². The molecule has 9 heteroatoms. The number of piperidine rings is 1. The zero-order chi connectivity index (χ0) is 23.0. The Bertz CT molecular complexity index is 1110. The molecule has 0 unspecified atom stereocenters. The quantitative estimate of drug-likeness (QED) is 0.408. The van der Waals surface area contributed by atoms with Crippen molar-refractivity contribution in [3.63, 3.8) is 0 Å². The summed E-state index contributed by atoms with van der Waals surface area (Å²) in [7, 11) is 0. The molecule has 1 aromatic carbocycles. The molecule has 1 aromatic heterocycles. The first-order chi connectivity index (χ1) is 15.3. The average molecular weight is 445 g/mol. The van der Waals surface area contributed by atoms with Gasteiger partial charge in [0.15, 0.2) is 0 Å². The van der Waals surface area contributed by atoms with Crippen molar-refractivity contribution in [1.82, 2.24) is 4.98 Å². The number of aromatic nitrogens is 1. The number of hydrogen-bond donors (Lipinski definition) is 4. The van der Waals surface area contributed by atoms with Crippen molar-refractivity contribution in [2.24, 2.45) is 5.73 Å². The number of aryl methyl sites for hydroxylation is 1. The van der Waals surface area contributed by atoms with Gasteiger partial charge in [-0.2, -0.15) is 13.2 Å². The molecule has 2 aromatic rings. The number of nitrogen functional groups attached to an aromatic ring is 1. The van der Waals surface area contributed by atoms with E-state index in [2.05, 4.69) is 4.90 Å². The number of allylic oxidation sites excluding steroid dienone is 1. The number of nitrogens with one attached hydrogen (secondary N) is 2. The van der Waals surface area contributed by atoms with Gasteiger partial charge in [0.05, 0.1) is 16.9 Å². The van der Waals surface area contributed by atoms with E-state index in [4.69, 9.17) is 27.3 Å². The molecule has 0 saturated carbocycles. The number of hydrogen-bond acceptors (Lipinski definition) is 6. The summed E-state index contributed by atoms with van der Waals surface area (Å²) in [6.45, 7) is 1.62. The predicted molar refractivity (Wildman–Crippen MR) is 123 cm³/mol. The molecule has 6 N–H and O–H groups in total. The highest BCUT2D eigenvalue weighted by molar-refractivity contribution is 6.25. The molecule has 1 saturated heterocycles. The smallest absolute Gasteiger partial charge is 0.404 e. The maximum atomic E-state index is 13.5. The van der Waals surface area contributed by atoms with Crippen LogP contribution < -0.4 is 16.4 Å². The lowest BCUT2D eigenvalue weighted by Crippen LogP contribution is -2.30. The van der Waals surface area contributed by atoms with E-state index < -0.39 is 17.5 Å². The minimum atomic E-state index is -4.83. The summed E-state index contributed by atoms with van der Waals surface area (Å²) in [4.78, 5) is 6.90. The van der Waals surface area contributed by atoms with Crippen LogP contribution in [0, 0.1) is 10.8 Å². The number of halogens is 3. The first-order valence-electron chi connectivity index (χ1n) is 10.9. The van der Waals surface area contributed by atoms with Gasteiger partial charge in [-0.15, -0.1) is 0 Å². The number of benzene rings is 1. The van der Waals surface area contributed by atoms with E-state index in [0.29, 0.717) is 35.2 Å². The van der Waals surface area contributed by atoms with Crippen LogP contribution >= 0.6 is 0 Å². The number of nitrogens with two attached hydrogens (primary N) is 2. The fourth-order valence-electron chi connectivity index (χ4n) is 4.92. The maximum Gasteiger partial charge on any atom is 0.433 e. The number of alkyl halides is 3. The first kappa shape index (κ1) is 22.1. The van der Waals surface area contributed by atoms with Crippen LogP contribution in [0.3, 0.4) is 0 Å². The highest BCUT2D eigenvalue weighted by Crippen LogP contribution is 2.41. The zero-order valence-electron chi connectivity index (χ0n) is 17.8. The van der Waals surface area contributed by atoms with Crippen molar-refractivity contribution in [3.05, 3.63) is 34.7 Å². The number of pyridine rings is 1. The van der Waals surface area contributed by atoms with Gasteiger partial charge in [-0.05, 0) is 62.1 Å². The third-order valence-corrected chi connectivity index (χ3v) is 6.45. The minimum absolute atomic E-state index is 0.121. The Kier molecular flexibility index (Phi) is 5.83. The van der Waals surface area contributed by atoms with Crippen molar-refractivity contribution < 1.29 is 13.2 Å². The third kappa shape index (κ3) is 3.69. The molecular formula is C23H27F3N6. The molecule has 2 heterocycles. The molecular weight excluding hydrogens is 417 g/mol. The Morgan fingerprint density at radius 2 is 1.72 bits per heavy atom. The third-order valence-electron chi connectivity index (χ3n) is 6.45. The molecule has 170 valence electrons. The van der Waals surface area contributed by atoms with Crippen LogP contribution in [0.25, 0.3) is 16.5 Å². The summed E-state index contributed by atoms with van der Waals surface area (Å²) in [6, 6.07) is 1.78. The molecule has 1 aliphatic carbocycles. The Morgan fingerprint density at radius 1 is 1.06 bits per heavy atom. The molecule has 0 radical (unpaired) electrons. The predicted octanol–water partition coefficient (Wildman–Crippen LogP) is 4.57. The summed E-state index contributed by atoms with van der Waals surface area (Å²) >= 11 is 0. The summed E-state index contributed by atoms with van der Waals surface area (Å²) in [5.74, 6) is 0. The number of anilines is 2. The van der Waals surface area contributed by atoms with Crippen molar-refractivity contribution in [2.45, 2.75) is 51.1 Å². The highest BCUT2D eigenvalue weighted by Gasteiger charge is 2.39. The van der Waals surface area contributed by atoms with E-state index in [1.807, 2.05) is 0 Å². The minimum Gasteiger partial charge on any atom is -0.404 e. The monoisotopic (exact) mass is 444 g/mol. The maximum absolute atomic E-state index is 13.5. The second kappa shape index (κ2) is 8.44. The molecule has 2 aliphatic rings. The lowest BCUT2D eigenvalue weighted by atomic mass is 9.83. The number of rotatable bonds is 4. The van der Waals surface area contributed by atoms with Crippen LogP contribution in [0.5, 0.6) is 0 Å². The zero-order valence-corrected chi connectivity index (χ0v) is 17.8. The molecule has 0 amide bonds. The Labute approximate surface area is 184 Å². The van der Waals surface area contributed by atoms with Crippen LogP contribution in [0.1, 0.15) is 54.5 Å². The van der Waals surface area contributed by atoms with E-state index in [0.717, 1.165) is 68.0 Å². The summed E-state index contributed by atoms with van der Waals surface area (Å²) in [6.07, 6.45) is 3.25. The largest absolute Gasteiger partial charge is 0.433 e. The van der Waals surface area contributed by atoms with E-state index in [1.54, 1.807) is 6.07 Å². The fourth-order valence-corrected chi connectivity index (χ4v) is 4.92. The van der Waals surface area contributed by atoms with Gasteiger partial charge in [-0.3, -0.25) is 5.41 Å². The van der Waals surface area contributed by atoms with Gasteiger partial charge >= 0.3 is 6.18 Å².